The van der Waals surface area contributed by atoms with Crippen molar-refractivity contribution in [1.82, 2.24) is 24.3 Å². The molecular weight excluding hydrogens is 390 g/mol. The standard InChI is InChI=1S/C24H29N5O2/c30-13-20-11-28(15-26-20)10-19-12-29-21(2-1-3-22(29)27-19)23(31)25-14-24-7-16-4-17(8-24)6-18(5-16)9-24/h1-3,11-12,15-18,30H,4-10,13-14H2,(H,25,31). The summed E-state index contributed by atoms with van der Waals surface area (Å²) in [6.45, 7) is 1.27. The van der Waals surface area contributed by atoms with Gasteiger partial charge in [0.25, 0.3) is 5.91 Å². The molecule has 4 fully saturated rings. The van der Waals surface area contributed by atoms with Crippen LogP contribution in [0.2, 0.25) is 0 Å². The Morgan fingerprint density at radius 3 is 2.52 bits per heavy atom. The first kappa shape index (κ1) is 19.0. The Morgan fingerprint density at radius 1 is 1.10 bits per heavy atom. The minimum Gasteiger partial charge on any atom is -0.390 e. The van der Waals surface area contributed by atoms with Crippen molar-refractivity contribution in [2.24, 2.45) is 23.2 Å². The fraction of sp³-hybridized carbons (Fsp3) is 0.542. The van der Waals surface area contributed by atoms with Crippen LogP contribution in [0.4, 0.5) is 0 Å². The monoisotopic (exact) mass is 419 g/mol. The predicted molar refractivity (Wildman–Crippen MR) is 115 cm³/mol. The Balaban J connectivity index is 1.19. The summed E-state index contributed by atoms with van der Waals surface area (Å²) in [7, 11) is 0. The Morgan fingerprint density at radius 2 is 1.84 bits per heavy atom. The van der Waals surface area contributed by atoms with E-state index < -0.39 is 0 Å². The SMILES string of the molecule is O=C(NCC12CC3CC(CC(C3)C1)C2)c1cccc2nc(Cn3cnc(CO)c3)cn12. The molecule has 3 heterocycles. The quantitative estimate of drug-likeness (QED) is 0.643. The first-order valence-electron chi connectivity index (χ1n) is 11.5. The van der Waals surface area contributed by atoms with Gasteiger partial charge < -0.3 is 15.0 Å². The molecule has 3 aromatic heterocycles. The van der Waals surface area contributed by atoms with Gasteiger partial charge in [0.15, 0.2) is 0 Å². The Hall–Kier alpha value is -2.67. The molecule has 7 rings (SSSR count). The van der Waals surface area contributed by atoms with Crippen LogP contribution in [0.5, 0.6) is 0 Å². The van der Waals surface area contributed by atoms with Crippen molar-refractivity contribution in [3.8, 4) is 0 Å². The zero-order valence-corrected chi connectivity index (χ0v) is 17.7. The molecule has 4 bridgehead atoms. The average molecular weight is 420 g/mol. The summed E-state index contributed by atoms with van der Waals surface area (Å²) in [5.41, 5.74) is 3.20. The maximum Gasteiger partial charge on any atom is 0.268 e. The Labute approximate surface area is 181 Å². The summed E-state index contributed by atoms with van der Waals surface area (Å²) < 4.78 is 3.77. The molecule has 2 N–H and O–H groups in total. The van der Waals surface area contributed by atoms with E-state index in [0.717, 1.165) is 35.6 Å². The van der Waals surface area contributed by atoms with Gasteiger partial charge in [0, 0.05) is 18.9 Å². The van der Waals surface area contributed by atoms with Crippen LogP contribution < -0.4 is 5.32 Å². The number of hydrogen-bond acceptors (Lipinski definition) is 4. The van der Waals surface area contributed by atoms with Crippen LogP contribution >= 0.6 is 0 Å². The second-order valence-electron chi connectivity index (χ2n) is 10.2. The Bertz CT molecular complexity index is 1090. The highest BCUT2D eigenvalue weighted by Crippen LogP contribution is 2.59. The summed E-state index contributed by atoms with van der Waals surface area (Å²) in [5.74, 6) is 2.64. The maximum atomic E-state index is 13.2. The first-order valence-corrected chi connectivity index (χ1v) is 11.5. The molecule has 0 radical (unpaired) electrons. The predicted octanol–water partition coefficient (Wildman–Crippen LogP) is 3.02. The second-order valence-corrected chi connectivity index (χ2v) is 10.2. The van der Waals surface area contributed by atoms with Crippen LogP contribution in [-0.4, -0.2) is 36.5 Å². The number of imidazole rings is 2. The molecule has 3 aromatic rings. The van der Waals surface area contributed by atoms with E-state index in [4.69, 9.17) is 0 Å². The summed E-state index contributed by atoms with van der Waals surface area (Å²) in [5, 5.41) is 12.5. The minimum atomic E-state index is -0.0772. The van der Waals surface area contributed by atoms with E-state index in [0.29, 0.717) is 23.3 Å². The molecule has 4 saturated carbocycles. The highest BCUT2D eigenvalue weighted by atomic mass is 16.3. The molecule has 7 heteroatoms. The zero-order chi connectivity index (χ0) is 21.0. The number of carbonyl (C=O) groups is 1. The summed E-state index contributed by atoms with van der Waals surface area (Å²) in [6.07, 6.45) is 13.5. The van der Waals surface area contributed by atoms with Crippen molar-refractivity contribution in [3.05, 3.63) is 54.0 Å². The molecule has 0 saturated heterocycles. The number of rotatable bonds is 6. The number of pyridine rings is 1. The number of hydrogen-bond donors (Lipinski definition) is 2. The van der Waals surface area contributed by atoms with Crippen molar-refractivity contribution < 1.29 is 9.90 Å². The number of aromatic nitrogens is 4. The van der Waals surface area contributed by atoms with Gasteiger partial charge in [-0.05, 0) is 73.8 Å². The molecule has 0 atom stereocenters. The van der Waals surface area contributed by atoms with E-state index in [2.05, 4.69) is 15.3 Å². The third-order valence-electron chi connectivity index (χ3n) is 7.76. The van der Waals surface area contributed by atoms with E-state index in [1.54, 1.807) is 6.33 Å². The third kappa shape index (κ3) is 3.45. The number of carbonyl (C=O) groups excluding carboxylic acids is 1. The van der Waals surface area contributed by atoms with E-state index in [-0.39, 0.29) is 12.5 Å². The number of aliphatic hydroxyl groups excluding tert-OH is 1. The summed E-state index contributed by atoms with van der Waals surface area (Å²) in [4.78, 5) is 22.0. The molecule has 0 aliphatic heterocycles. The van der Waals surface area contributed by atoms with Crippen LogP contribution in [0, 0.1) is 23.2 Å². The molecular formula is C24H29N5O2. The maximum absolute atomic E-state index is 13.2. The summed E-state index contributed by atoms with van der Waals surface area (Å²) >= 11 is 0. The van der Waals surface area contributed by atoms with E-state index in [1.807, 2.05) is 39.6 Å². The lowest BCUT2D eigenvalue weighted by Gasteiger charge is -2.56. The molecule has 31 heavy (non-hydrogen) atoms. The van der Waals surface area contributed by atoms with Crippen LogP contribution in [-0.2, 0) is 13.2 Å². The van der Waals surface area contributed by atoms with Gasteiger partial charge in [-0.3, -0.25) is 9.20 Å². The average Bonchev–Trinajstić information content (AvgIpc) is 3.37. The number of amides is 1. The molecule has 4 aliphatic rings. The van der Waals surface area contributed by atoms with E-state index >= 15 is 0 Å². The smallest absolute Gasteiger partial charge is 0.268 e. The fourth-order valence-corrected chi connectivity index (χ4v) is 6.95. The molecule has 0 unspecified atom stereocenters. The lowest BCUT2D eigenvalue weighted by Crippen LogP contribution is -2.51. The van der Waals surface area contributed by atoms with Gasteiger partial charge >= 0.3 is 0 Å². The highest BCUT2D eigenvalue weighted by Gasteiger charge is 2.50. The molecule has 0 spiro atoms. The van der Waals surface area contributed by atoms with Crippen molar-refractivity contribution >= 4 is 11.6 Å². The van der Waals surface area contributed by atoms with Crippen LogP contribution in [0.15, 0.2) is 36.9 Å². The van der Waals surface area contributed by atoms with Gasteiger partial charge in [0.2, 0.25) is 0 Å². The lowest BCUT2D eigenvalue weighted by molar-refractivity contribution is -0.0503. The first-order chi connectivity index (χ1) is 15.1. The van der Waals surface area contributed by atoms with Gasteiger partial charge in [0.1, 0.15) is 11.3 Å². The van der Waals surface area contributed by atoms with E-state index in [1.165, 1.54) is 38.5 Å². The van der Waals surface area contributed by atoms with Crippen LogP contribution in [0.1, 0.15) is 60.4 Å². The minimum absolute atomic E-state index is 0.0181. The summed E-state index contributed by atoms with van der Waals surface area (Å²) in [6, 6.07) is 5.69. The van der Waals surface area contributed by atoms with Gasteiger partial charge in [-0.15, -0.1) is 0 Å². The number of aliphatic hydroxyl groups is 1. The fourth-order valence-electron chi connectivity index (χ4n) is 6.95. The Kier molecular flexibility index (Phi) is 4.42. The van der Waals surface area contributed by atoms with Crippen molar-refractivity contribution in [2.45, 2.75) is 51.7 Å². The van der Waals surface area contributed by atoms with Gasteiger partial charge in [0.05, 0.1) is 30.9 Å². The topological polar surface area (TPSA) is 84.5 Å². The lowest BCUT2D eigenvalue weighted by atomic mass is 9.49. The number of fused-ring (bicyclic) bond motifs is 1. The van der Waals surface area contributed by atoms with Gasteiger partial charge in [-0.2, -0.15) is 0 Å². The van der Waals surface area contributed by atoms with Crippen molar-refractivity contribution in [1.29, 1.82) is 0 Å². The molecule has 162 valence electrons. The van der Waals surface area contributed by atoms with Crippen molar-refractivity contribution in [2.75, 3.05) is 6.54 Å². The second kappa shape index (κ2) is 7.19. The van der Waals surface area contributed by atoms with Gasteiger partial charge in [-0.1, -0.05) is 6.07 Å². The van der Waals surface area contributed by atoms with Gasteiger partial charge in [-0.25, -0.2) is 9.97 Å². The van der Waals surface area contributed by atoms with Crippen LogP contribution in [0.25, 0.3) is 5.65 Å². The van der Waals surface area contributed by atoms with Crippen LogP contribution in [0.3, 0.4) is 0 Å². The third-order valence-corrected chi connectivity index (χ3v) is 7.76. The number of nitrogens with one attached hydrogen (secondary N) is 1. The normalized spacial score (nSPS) is 29.0. The van der Waals surface area contributed by atoms with E-state index in [9.17, 15) is 9.90 Å². The molecule has 7 nitrogen and oxygen atoms in total. The molecule has 0 aromatic carbocycles. The largest absolute Gasteiger partial charge is 0.390 e. The number of nitrogens with zero attached hydrogens (tertiary/aromatic N) is 4. The van der Waals surface area contributed by atoms with Crippen molar-refractivity contribution in [3.63, 3.8) is 0 Å². The molecule has 1 amide bonds. The highest BCUT2D eigenvalue weighted by molar-refractivity contribution is 5.93. The zero-order valence-electron chi connectivity index (χ0n) is 17.7. The molecule has 4 aliphatic carbocycles.